The highest BCUT2D eigenvalue weighted by Gasteiger charge is 1.94. The SMILES string of the molecule is Oc1cc(O)cc(O)c1.Oc1ccccc1. The summed E-state index contributed by atoms with van der Waals surface area (Å²) in [7, 11) is 0. The zero-order valence-electron chi connectivity index (χ0n) is 8.41. The number of aromatic hydroxyl groups is 4. The number of para-hydroxylation sites is 1. The molecule has 0 fully saturated rings. The van der Waals surface area contributed by atoms with Gasteiger partial charge in [0.15, 0.2) is 0 Å². The largest absolute Gasteiger partial charge is 0.508 e. The predicted molar refractivity (Wildman–Crippen MR) is 59.5 cm³/mol. The highest BCUT2D eigenvalue weighted by molar-refractivity contribution is 5.39. The van der Waals surface area contributed by atoms with E-state index < -0.39 is 0 Å². The predicted octanol–water partition coefficient (Wildman–Crippen LogP) is 2.20. The summed E-state index contributed by atoms with van der Waals surface area (Å²) in [4.78, 5) is 0. The van der Waals surface area contributed by atoms with Crippen molar-refractivity contribution in [2.45, 2.75) is 0 Å². The van der Waals surface area contributed by atoms with Gasteiger partial charge in [-0.15, -0.1) is 0 Å². The van der Waals surface area contributed by atoms with Crippen molar-refractivity contribution in [3.63, 3.8) is 0 Å². The van der Waals surface area contributed by atoms with Gasteiger partial charge in [0.1, 0.15) is 23.0 Å². The summed E-state index contributed by atoms with van der Waals surface area (Å²) in [5, 5.41) is 34.7. The average molecular weight is 220 g/mol. The van der Waals surface area contributed by atoms with Gasteiger partial charge in [-0.05, 0) is 12.1 Å². The van der Waals surface area contributed by atoms with Gasteiger partial charge in [-0.1, -0.05) is 18.2 Å². The Kier molecular flexibility index (Phi) is 4.03. The third kappa shape index (κ3) is 4.23. The van der Waals surface area contributed by atoms with Crippen LogP contribution in [0.4, 0.5) is 0 Å². The molecule has 2 aromatic rings. The minimum absolute atomic E-state index is 0.146. The second kappa shape index (κ2) is 5.50. The van der Waals surface area contributed by atoms with E-state index in [4.69, 9.17) is 20.4 Å². The van der Waals surface area contributed by atoms with Gasteiger partial charge in [0.05, 0.1) is 0 Å². The Morgan fingerprint density at radius 2 is 0.875 bits per heavy atom. The van der Waals surface area contributed by atoms with Crippen LogP contribution in [0.25, 0.3) is 0 Å². The Balaban J connectivity index is 0.000000165. The smallest absolute Gasteiger partial charge is 0.122 e. The molecule has 0 spiro atoms. The van der Waals surface area contributed by atoms with E-state index in [2.05, 4.69) is 0 Å². The van der Waals surface area contributed by atoms with Gasteiger partial charge >= 0.3 is 0 Å². The molecule has 4 N–H and O–H groups in total. The quantitative estimate of drug-likeness (QED) is 0.548. The van der Waals surface area contributed by atoms with E-state index in [9.17, 15) is 0 Å². The third-order valence-corrected chi connectivity index (χ3v) is 1.64. The molecule has 0 aliphatic rings. The van der Waals surface area contributed by atoms with Gasteiger partial charge in [0.25, 0.3) is 0 Å². The lowest BCUT2D eigenvalue weighted by Gasteiger charge is -1.94. The molecular weight excluding hydrogens is 208 g/mol. The lowest BCUT2D eigenvalue weighted by Crippen LogP contribution is -1.66. The average Bonchev–Trinajstić information content (AvgIpc) is 2.17. The summed E-state index contributed by atoms with van der Waals surface area (Å²) in [6.07, 6.45) is 0. The maximum atomic E-state index is 8.67. The second-order valence-electron chi connectivity index (χ2n) is 3.04. The minimum atomic E-state index is -0.146. The van der Waals surface area contributed by atoms with Crippen molar-refractivity contribution in [3.05, 3.63) is 48.5 Å². The third-order valence-electron chi connectivity index (χ3n) is 1.64. The normalized spacial score (nSPS) is 9.00. The van der Waals surface area contributed by atoms with Crippen molar-refractivity contribution in [1.29, 1.82) is 0 Å². The monoisotopic (exact) mass is 220 g/mol. The van der Waals surface area contributed by atoms with Crippen LogP contribution in [0.2, 0.25) is 0 Å². The standard InChI is InChI=1S/C6H6O3.C6H6O/c7-4-1-5(8)3-6(9)2-4;7-6-4-2-1-3-5-6/h1-3,7-9H;1-5,7H. The van der Waals surface area contributed by atoms with Crippen molar-refractivity contribution in [3.8, 4) is 23.0 Å². The number of hydrogen-bond donors (Lipinski definition) is 4. The van der Waals surface area contributed by atoms with Gasteiger partial charge in [-0.3, -0.25) is 0 Å². The van der Waals surface area contributed by atoms with E-state index >= 15 is 0 Å². The molecule has 16 heavy (non-hydrogen) atoms. The summed E-state index contributed by atoms with van der Waals surface area (Å²) in [5.41, 5.74) is 0. The van der Waals surface area contributed by atoms with Gasteiger partial charge in [0, 0.05) is 18.2 Å². The lowest BCUT2D eigenvalue weighted by molar-refractivity contribution is 0.428. The fraction of sp³-hybridized carbons (Fsp3) is 0. The van der Waals surface area contributed by atoms with Gasteiger partial charge in [-0.25, -0.2) is 0 Å². The molecule has 0 amide bonds. The zero-order valence-corrected chi connectivity index (χ0v) is 8.41. The van der Waals surface area contributed by atoms with Crippen LogP contribution in [-0.4, -0.2) is 20.4 Å². The number of phenols is 4. The number of rotatable bonds is 0. The molecule has 0 saturated carbocycles. The summed E-state index contributed by atoms with van der Waals surface area (Å²) in [5.74, 6) is -0.116. The lowest BCUT2D eigenvalue weighted by atomic mass is 10.3. The highest BCUT2D eigenvalue weighted by atomic mass is 16.3. The molecule has 4 heteroatoms. The van der Waals surface area contributed by atoms with Gasteiger partial charge in [-0.2, -0.15) is 0 Å². The van der Waals surface area contributed by atoms with Gasteiger partial charge < -0.3 is 20.4 Å². The van der Waals surface area contributed by atoms with E-state index in [-0.39, 0.29) is 17.2 Å². The van der Waals surface area contributed by atoms with Crippen LogP contribution in [0, 0.1) is 0 Å². The maximum Gasteiger partial charge on any atom is 0.122 e. The first-order valence-corrected chi connectivity index (χ1v) is 4.54. The Morgan fingerprint density at radius 1 is 0.500 bits per heavy atom. The van der Waals surface area contributed by atoms with Crippen LogP contribution in [0.15, 0.2) is 48.5 Å². The van der Waals surface area contributed by atoms with Crippen molar-refractivity contribution in [2.75, 3.05) is 0 Å². The number of hydrogen-bond acceptors (Lipinski definition) is 4. The first-order valence-electron chi connectivity index (χ1n) is 4.54. The van der Waals surface area contributed by atoms with Crippen molar-refractivity contribution in [1.82, 2.24) is 0 Å². The molecule has 0 radical (unpaired) electrons. The zero-order chi connectivity index (χ0) is 12.0. The van der Waals surface area contributed by atoms with E-state index in [0.717, 1.165) is 18.2 Å². The molecule has 0 atom stereocenters. The van der Waals surface area contributed by atoms with E-state index in [1.165, 1.54) is 0 Å². The topological polar surface area (TPSA) is 80.9 Å². The molecule has 2 rings (SSSR count). The molecule has 84 valence electrons. The molecule has 0 saturated heterocycles. The Hall–Kier alpha value is -2.36. The molecule has 0 aliphatic carbocycles. The van der Waals surface area contributed by atoms with Crippen molar-refractivity contribution >= 4 is 0 Å². The fourth-order valence-corrected chi connectivity index (χ4v) is 1.01. The van der Waals surface area contributed by atoms with Crippen LogP contribution >= 0.6 is 0 Å². The van der Waals surface area contributed by atoms with E-state index in [1.807, 2.05) is 6.07 Å². The Morgan fingerprint density at radius 3 is 1.12 bits per heavy atom. The Labute approximate surface area is 92.7 Å². The first kappa shape index (κ1) is 11.7. The molecule has 4 nitrogen and oxygen atoms in total. The van der Waals surface area contributed by atoms with Gasteiger partial charge in [0.2, 0.25) is 0 Å². The summed E-state index contributed by atoms with van der Waals surface area (Å²) >= 11 is 0. The molecule has 0 aromatic heterocycles. The molecular formula is C12H12O4. The summed E-state index contributed by atoms with van der Waals surface area (Å²) < 4.78 is 0. The number of phenolic OH excluding ortho intramolecular Hbond substituents is 4. The highest BCUT2D eigenvalue weighted by Crippen LogP contribution is 2.23. The van der Waals surface area contributed by atoms with Crippen molar-refractivity contribution in [2.24, 2.45) is 0 Å². The van der Waals surface area contributed by atoms with Crippen LogP contribution in [0.1, 0.15) is 0 Å². The van der Waals surface area contributed by atoms with E-state index in [0.29, 0.717) is 5.75 Å². The molecule has 0 aliphatic heterocycles. The summed E-state index contributed by atoms with van der Waals surface area (Å²) in [6, 6.07) is 12.1. The first-order chi connectivity index (χ1) is 7.58. The molecule has 2 aromatic carbocycles. The molecule has 0 heterocycles. The molecule has 0 bridgehead atoms. The second-order valence-corrected chi connectivity index (χ2v) is 3.04. The van der Waals surface area contributed by atoms with Crippen LogP contribution in [0.5, 0.6) is 23.0 Å². The number of benzene rings is 2. The summed E-state index contributed by atoms with van der Waals surface area (Å²) in [6.45, 7) is 0. The van der Waals surface area contributed by atoms with E-state index in [1.54, 1.807) is 24.3 Å². The van der Waals surface area contributed by atoms with Crippen LogP contribution in [0.3, 0.4) is 0 Å². The van der Waals surface area contributed by atoms with Crippen LogP contribution < -0.4 is 0 Å². The van der Waals surface area contributed by atoms with Crippen molar-refractivity contribution < 1.29 is 20.4 Å². The molecule has 0 unspecified atom stereocenters. The fourth-order valence-electron chi connectivity index (χ4n) is 1.01. The van der Waals surface area contributed by atoms with Crippen LogP contribution in [-0.2, 0) is 0 Å². The minimum Gasteiger partial charge on any atom is -0.508 e. The maximum absolute atomic E-state index is 8.67. The Bertz CT molecular complexity index is 390.